The van der Waals surface area contributed by atoms with Crippen molar-refractivity contribution in [2.75, 3.05) is 0 Å². The molecule has 0 fully saturated rings. The average Bonchev–Trinajstić information content (AvgIpc) is 3.18. The van der Waals surface area contributed by atoms with Crippen LogP contribution in [0.3, 0.4) is 0 Å². The van der Waals surface area contributed by atoms with Crippen LogP contribution < -0.4 is 0 Å². The topological polar surface area (TPSA) is 25.8 Å². The lowest BCUT2D eigenvalue weighted by atomic mass is 9.93. The van der Waals surface area contributed by atoms with Crippen molar-refractivity contribution >= 4 is 0 Å². The van der Waals surface area contributed by atoms with Gasteiger partial charge < -0.3 is 0 Å². The van der Waals surface area contributed by atoms with Crippen LogP contribution in [0.15, 0.2) is 170 Å². The quantitative estimate of drug-likeness (QED) is 0.169. The van der Waals surface area contributed by atoms with Gasteiger partial charge in [0.25, 0.3) is 0 Å². The Bertz CT molecular complexity index is 2270. The second-order valence-corrected chi connectivity index (χ2v) is 13.9. The fourth-order valence-electron chi connectivity index (χ4n) is 6.99. The van der Waals surface area contributed by atoms with Gasteiger partial charge >= 0.3 is 0 Å². The molecule has 0 aliphatic rings. The highest BCUT2D eigenvalue weighted by Crippen LogP contribution is 2.36. The van der Waals surface area contributed by atoms with Crippen LogP contribution in [0.2, 0.25) is 0 Å². The van der Waals surface area contributed by atoms with Crippen molar-refractivity contribution in [3.05, 3.63) is 192 Å². The summed E-state index contributed by atoms with van der Waals surface area (Å²) in [5.41, 5.74) is 20.0. The van der Waals surface area contributed by atoms with Gasteiger partial charge in [0.2, 0.25) is 0 Å². The van der Waals surface area contributed by atoms with E-state index in [1.807, 2.05) is 0 Å². The third-order valence-corrected chi connectivity index (χ3v) is 9.62. The van der Waals surface area contributed by atoms with Crippen LogP contribution in [0, 0.1) is 27.7 Å². The molecule has 0 N–H and O–H groups in total. The van der Waals surface area contributed by atoms with Crippen LogP contribution in [-0.4, -0.2) is 9.97 Å². The van der Waals surface area contributed by atoms with Gasteiger partial charge in [-0.25, -0.2) is 9.97 Å². The van der Waals surface area contributed by atoms with Crippen molar-refractivity contribution in [1.82, 2.24) is 9.97 Å². The Kier molecular flexibility index (Phi) is 8.89. The number of benzene rings is 6. The van der Waals surface area contributed by atoms with Gasteiger partial charge in [-0.3, -0.25) is 0 Å². The average molecular weight is 669 g/mol. The SMILES string of the molecule is Cc1cccc(-c2cc(-c3cccc(C)c3)cc(-c3cccc(-c4cccc(-c5cc(-c6cccc(C)c6)cc(-c6cccc(C)c6)c5)n4)n3)c2)c1. The number of hydrogen-bond donors (Lipinski definition) is 0. The van der Waals surface area contributed by atoms with Gasteiger partial charge in [0, 0.05) is 11.1 Å². The Morgan fingerprint density at radius 1 is 0.231 bits per heavy atom. The van der Waals surface area contributed by atoms with E-state index in [0.29, 0.717) is 0 Å². The Balaban J connectivity index is 1.22. The molecule has 250 valence electrons. The van der Waals surface area contributed by atoms with E-state index in [4.69, 9.17) is 9.97 Å². The molecule has 2 heterocycles. The van der Waals surface area contributed by atoms with Crippen molar-refractivity contribution in [3.8, 4) is 78.4 Å². The number of rotatable bonds is 7. The van der Waals surface area contributed by atoms with Crippen molar-refractivity contribution in [2.24, 2.45) is 0 Å². The van der Waals surface area contributed by atoms with E-state index in [-0.39, 0.29) is 0 Å². The van der Waals surface area contributed by atoms with Crippen LogP contribution >= 0.6 is 0 Å². The van der Waals surface area contributed by atoms with Gasteiger partial charge in [-0.2, -0.15) is 0 Å². The summed E-state index contributed by atoms with van der Waals surface area (Å²) in [4.78, 5) is 10.5. The molecule has 0 spiro atoms. The molecule has 52 heavy (non-hydrogen) atoms. The minimum absolute atomic E-state index is 0.839. The lowest BCUT2D eigenvalue weighted by Crippen LogP contribution is -1.94. The molecule has 0 bridgehead atoms. The normalized spacial score (nSPS) is 11.1. The maximum Gasteiger partial charge on any atom is 0.0893 e. The molecule has 0 amide bonds. The summed E-state index contributed by atoms with van der Waals surface area (Å²) in [5.74, 6) is 0. The van der Waals surface area contributed by atoms with Crippen LogP contribution in [0.1, 0.15) is 22.3 Å². The van der Waals surface area contributed by atoms with E-state index >= 15 is 0 Å². The van der Waals surface area contributed by atoms with Crippen molar-refractivity contribution in [2.45, 2.75) is 27.7 Å². The summed E-state index contributed by atoms with van der Waals surface area (Å²) < 4.78 is 0. The summed E-state index contributed by atoms with van der Waals surface area (Å²) in [7, 11) is 0. The molecule has 2 aromatic heterocycles. The zero-order valence-corrected chi connectivity index (χ0v) is 30.1. The Morgan fingerprint density at radius 3 is 0.769 bits per heavy atom. The molecule has 6 aromatic carbocycles. The number of nitrogens with zero attached hydrogens (tertiary/aromatic N) is 2. The molecular formula is C50H40N2. The first-order valence-electron chi connectivity index (χ1n) is 17.9. The predicted octanol–water partition coefficient (Wildman–Crippen LogP) is 13.4. The molecule has 0 aliphatic heterocycles. The molecular weight excluding hydrogens is 629 g/mol. The second kappa shape index (κ2) is 14.1. The Labute approximate surface area is 307 Å². The third kappa shape index (κ3) is 7.10. The maximum atomic E-state index is 5.24. The summed E-state index contributed by atoms with van der Waals surface area (Å²) in [6, 6.07) is 60.9. The van der Waals surface area contributed by atoms with Gasteiger partial charge in [-0.15, -0.1) is 0 Å². The van der Waals surface area contributed by atoms with Crippen molar-refractivity contribution in [3.63, 3.8) is 0 Å². The van der Waals surface area contributed by atoms with Crippen molar-refractivity contribution in [1.29, 1.82) is 0 Å². The van der Waals surface area contributed by atoms with Crippen LogP contribution in [0.5, 0.6) is 0 Å². The first kappa shape index (κ1) is 32.8. The Hall–Kier alpha value is -6.38. The number of aromatic nitrogens is 2. The maximum absolute atomic E-state index is 5.24. The molecule has 8 rings (SSSR count). The van der Waals surface area contributed by atoms with E-state index in [2.05, 4.69) is 198 Å². The van der Waals surface area contributed by atoms with Gasteiger partial charge in [-0.05, 0) is 133 Å². The number of aryl methyl sites for hydroxylation is 4. The summed E-state index contributed by atoms with van der Waals surface area (Å²) >= 11 is 0. The van der Waals surface area contributed by atoms with Gasteiger partial charge in [0.15, 0.2) is 0 Å². The minimum atomic E-state index is 0.839. The highest BCUT2D eigenvalue weighted by Gasteiger charge is 2.13. The highest BCUT2D eigenvalue weighted by molar-refractivity contribution is 5.83. The summed E-state index contributed by atoms with van der Waals surface area (Å²) in [5, 5.41) is 0. The fourth-order valence-corrected chi connectivity index (χ4v) is 6.99. The monoisotopic (exact) mass is 668 g/mol. The first-order valence-corrected chi connectivity index (χ1v) is 17.9. The molecule has 0 atom stereocenters. The van der Waals surface area contributed by atoms with E-state index in [0.717, 1.165) is 33.9 Å². The minimum Gasteiger partial charge on any atom is -0.246 e. The second-order valence-electron chi connectivity index (χ2n) is 13.9. The number of hydrogen-bond acceptors (Lipinski definition) is 2. The zero-order chi connectivity index (χ0) is 35.6. The van der Waals surface area contributed by atoms with Gasteiger partial charge in [0.05, 0.1) is 22.8 Å². The van der Waals surface area contributed by atoms with Crippen molar-refractivity contribution < 1.29 is 0 Å². The molecule has 0 saturated heterocycles. The van der Waals surface area contributed by atoms with Crippen LogP contribution in [0.25, 0.3) is 78.4 Å². The molecule has 0 saturated carbocycles. The van der Waals surface area contributed by atoms with E-state index < -0.39 is 0 Å². The van der Waals surface area contributed by atoms with Crippen LogP contribution in [0.4, 0.5) is 0 Å². The smallest absolute Gasteiger partial charge is 0.0893 e. The lowest BCUT2D eigenvalue weighted by molar-refractivity contribution is 1.25. The third-order valence-electron chi connectivity index (χ3n) is 9.62. The standard InChI is InChI=1S/C50H40N2/c1-33-11-5-15-37(23-33)41-27-42(38-16-6-12-34(2)24-38)30-45(29-41)47-19-9-21-49(51-47)50-22-10-20-48(52-50)46-31-43(39-17-7-13-35(3)25-39)28-44(32-46)40-18-8-14-36(4)26-40/h5-32H,1-4H3. The van der Waals surface area contributed by atoms with Gasteiger partial charge in [-0.1, -0.05) is 131 Å². The van der Waals surface area contributed by atoms with Gasteiger partial charge in [0.1, 0.15) is 0 Å². The molecule has 0 radical (unpaired) electrons. The van der Waals surface area contributed by atoms with E-state index in [1.165, 1.54) is 66.8 Å². The van der Waals surface area contributed by atoms with E-state index in [1.54, 1.807) is 0 Å². The first-order chi connectivity index (χ1) is 25.3. The summed E-state index contributed by atoms with van der Waals surface area (Å²) in [6.07, 6.45) is 0. The molecule has 2 heteroatoms. The Morgan fingerprint density at radius 2 is 0.481 bits per heavy atom. The molecule has 2 nitrogen and oxygen atoms in total. The predicted molar refractivity (Wildman–Crippen MR) is 219 cm³/mol. The molecule has 8 aromatic rings. The molecule has 0 unspecified atom stereocenters. The summed E-state index contributed by atoms with van der Waals surface area (Å²) in [6.45, 7) is 8.57. The highest BCUT2D eigenvalue weighted by atomic mass is 14.8. The molecule has 0 aliphatic carbocycles. The fraction of sp³-hybridized carbons (Fsp3) is 0.0800. The largest absolute Gasteiger partial charge is 0.246 e. The van der Waals surface area contributed by atoms with E-state index in [9.17, 15) is 0 Å². The number of pyridine rings is 2. The zero-order valence-electron chi connectivity index (χ0n) is 30.1. The lowest BCUT2D eigenvalue weighted by Gasteiger charge is -2.13. The van der Waals surface area contributed by atoms with Crippen LogP contribution in [-0.2, 0) is 0 Å².